The van der Waals surface area contributed by atoms with Crippen LogP contribution in [0.25, 0.3) is 5.76 Å². The van der Waals surface area contributed by atoms with Gasteiger partial charge in [0, 0.05) is 28.8 Å². The fraction of sp³-hybridized carbons (Fsp3) is 0.255. The third-order valence-corrected chi connectivity index (χ3v) is 8.92. The molecular formula is C47H51N2O9P. The standard InChI is InChI=1S/C47H51N2O9P/c1-4-45(50)55-29-15-8-6-13-27-53-41-23-19-36(20-24-41)35(3)57-44-31-38(33-48-49-40-17-11-10-12-18-40)43(32-39(44)34-59)58-47(52)37-21-25-42(26-22-37)54-28-14-7-9-16-30-56-46(51)5-2/h4-5,10-12,17-26,31-34,49,59H,1-3,6-9,13-16,27-30H2/b48-33+. The molecule has 0 amide bonds. The van der Waals surface area contributed by atoms with Crippen molar-refractivity contribution in [2.45, 2.75) is 51.4 Å². The van der Waals surface area contributed by atoms with Crippen LogP contribution in [0.5, 0.6) is 23.0 Å². The van der Waals surface area contributed by atoms with E-state index in [-0.39, 0.29) is 5.75 Å². The number of nitrogens with zero attached hydrogens (tertiary/aromatic N) is 1. The van der Waals surface area contributed by atoms with Gasteiger partial charge in [-0.3, -0.25) is 5.43 Å². The molecule has 0 bridgehead atoms. The van der Waals surface area contributed by atoms with Crippen LogP contribution in [0.15, 0.2) is 128 Å². The Kier molecular flexibility index (Phi) is 19.7. The molecule has 59 heavy (non-hydrogen) atoms. The van der Waals surface area contributed by atoms with E-state index in [1.807, 2.05) is 54.6 Å². The first-order valence-electron chi connectivity index (χ1n) is 19.5. The lowest BCUT2D eigenvalue weighted by molar-refractivity contribution is -0.138. The first kappa shape index (κ1) is 45.3. The first-order chi connectivity index (χ1) is 28.8. The number of hydrogen-bond donors (Lipinski definition) is 1. The zero-order chi connectivity index (χ0) is 42.1. The van der Waals surface area contributed by atoms with E-state index in [2.05, 4.69) is 39.1 Å². The van der Waals surface area contributed by atoms with Gasteiger partial charge in [-0.05, 0) is 130 Å². The summed E-state index contributed by atoms with van der Waals surface area (Å²) in [6, 6.07) is 27.1. The molecule has 4 aromatic carbocycles. The SMILES string of the molecule is C=CC(=O)OCCCCCCOc1ccc(C(=C)Oc2cc(/C=N/Nc3ccccc3)c(OC(=O)c3ccc(OCCCCCCOC(=O)C=C)cc3)cc2C=P)cc1. The van der Waals surface area contributed by atoms with Crippen molar-refractivity contribution < 1.29 is 42.8 Å². The van der Waals surface area contributed by atoms with Crippen molar-refractivity contribution in [1.29, 1.82) is 0 Å². The van der Waals surface area contributed by atoms with Gasteiger partial charge in [-0.15, -0.1) is 8.86 Å². The fourth-order valence-corrected chi connectivity index (χ4v) is 5.63. The van der Waals surface area contributed by atoms with Gasteiger partial charge in [0.2, 0.25) is 0 Å². The Morgan fingerprint density at radius 1 is 0.610 bits per heavy atom. The van der Waals surface area contributed by atoms with Crippen LogP contribution in [0.3, 0.4) is 0 Å². The molecule has 0 aliphatic heterocycles. The molecule has 0 saturated heterocycles. The molecular weight excluding hydrogens is 767 g/mol. The highest BCUT2D eigenvalue weighted by molar-refractivity contribution is 7.19. The number of ether oxygens (including phenoxy) is 6. The molecule has 4 rings (SSSR count). The number of nitrogens with one attached hydrogen (secondary N) is 1. The van der Waals surface area contributed by atoms with Crippen LogP contribution in [0.2, 0.25) is 0 Å². The van der Waals surface area contributed by atoms with Crippen molar-refractivity contribution in [3.05, 3.63) is 145 Å². The van der Waals surface area contributed by atoms with E-state index in [9.17, 15) is 14.4 Å². The number of unbranched alkanes of at least 4 members (excludes halogenated alkanes) is 6. The van der Waals surface area contributed by atoms with Gasteiger partial charge in [-0.1, -0.05) is 37.9 Å². The summed E-state index contributed by atoms with van der Waals surface area (Å²) in [5.41, 5.74) is 5.93. The van der Waals surface area contributed by atoms with Gasteiger partial charge in [0.15, 0.2) is 0 Å². The zero-order valence-corrected chi connectivity index (χ0v) is 34.2. The van der Waals surface area contributed by atoms with Crippen LogP contribution in [-0.4, -0.2) is 56.3 Å². The summed E-state index contributed by atoms with van der Waals surface area (Å²) in [6.07, 6.45) is 10.9. The topological polar surface area (TPSA) is 131 Å². The minimum absolute atomic E-state index is 0.258. The predicted molar refractivity (Wildman–Crippen MR) is 235 cm³/mol. The minimum atomic E-state index is -0.564. The van der Waals surface area contributed by atoms with E-state index in [4.69, 9.17) is 28.4 Å². The van der Waals surface area contributed by atoms with Gasteiger partial charge in [0.05, 0.1) is 43.9 Å². The summed E-state index contributed by atoms with van der Waals surface area (Å²) >= 11 is 0. The van der Waals surface area contributed by atoms with E-state index in [1.165, 1.54) is 6.08 Å². The first-order valence-corrected chi connectivity index (χ1v) is 20.0. The summed E-state index contributed by atoms with van der Waals surface area (Å²) in [6.45, 7) is 12.8. The van der Waals surface area contributed by atoms with Crippen molar-refractivity contribution in [3.8, 4) is 23.0 Å². The smallest absolute Gasteiger partial charge is 0.343 e. The van der Waals surface area contributed by atoms with Crippen LogP contribution in [0.1, 0.15) is 78.4 Å². The van der Waals surface area contributed by atoms with Crippen molar-refractivity contribution in [2.75, 3.05) is 31.9 Å². The van der Waals surface area contributed by atoms with Gasteiger partial charge in [0.1, 0.15) is 28.8 Å². The van der Waals surface area contributed by atoms with Gasteiger partial charge < -0.3 is 28.4 Å². The quantitative estimate of drug-likeness (QED) is 0.00907. The highest BCUT2D eigenvalue weighted by Gasteiger charge is 2.17. The second kappa shape index (κ2) is 25.7. The third kappa shape index (κ3) is 16.5. The number of esters is 3. The average molecular weight is 819 g/mol. The Hall–Kier alpha value is -6.45. The molecule has 11 nitrogen and oxygen atoms in total. The number of carbonyl (C=O) groups is 3. The Morgan fingerprint density at radius 2 is 1.10 bits per heavy atom. The molecule has 0 unspecified atom stereocenters. The van der Waals surface area contributed by atoms with Crippen molar-refractivity contribution in [3.63, 3.8) is 0 Å². The normalized spacial score (nSPS) is 10.6. The summed E-state index contributed by atoms with van der Waals surface area (Å²) < 4.78 is 34.0. The number of anilines is 1. The van der Waals surface area contributed by atoms with Gasteiger partial charge in [-0.25, -0.2) is 14.4 Å². The van der Waals surface area contributed by atoms with E-state index in [0.717, 1.165) is 74.4 Å². The summed E-state index contributed by atoms with van der Waals surface area (Å²) in [7, 11) is 3.49. The van der Waals surface area contributed by atoms with Gasteiger partial charge in [-0.2, -0.15) is 5.10 Å². The number of para-hydroxylation sites is 1. The van der Waals surface area contributed by atoms with Crippen LogP contribution >= 0.6 is 8.86 Å². The van der Waals surface area contributed by atoms with E-state index < -0.39 is 17.9 Å². The Morgan fingerprint density at radius 3 is 1.63 bits per heavy atom. The highest BCUT2D eigenvalue weighted by Crippen LogP contribution is 2.32. The maximum absolute atomic E-state index is 13.4. The maximum Gasteiger partial charge on any atom is 0.343 e. The van der Waals surface area contributed by atoms with Gasteiger partial charge in [0.25, 0.3) is 0 Å². The monoisotopic (exact) mass is 818 g/mol. The minimum Gasteiger partial charge on any atom is -0.494 e. The lowest BCUT2D eigenvalue weighted by Crippen LogP contribution is -2.11. The molecule has 0 aliphatic rings. The van der Waals surface area contributed by atoms with Gasteiger partial charge >= 0.3 is 17.9 Å². The fourth-order valence-electron chi connectivity index (χ4n) is 5.40. The molecule has 0 aliphatic carbocycles. The molecule has 0 saturated carbocycles. The molecule has 0 aromatic heterocycles. The van der Waals surface area contributed by atoms with Crippen molar-refractivity contribution in [2.24, 2.45) is 5.10 Å². The molecule has 308 valence electrons. The van der Waals surface area contributed by atoms with Crippen molar-refractivity contribution in [1.82, 2.24) is 0 Å². The van der Waals surface area contributed by atoms with Crippen LogP contribution in [0, 0.1) is 0 Å². The lowest BCUT2D eigenvalue weighted by atomic mass is 10.1. The number of hydrazone groups is 1. The number of benzene rings is 4. The predicted octanol–water partition coefficient (Wildman–Crippen LogP) is 10.0. The second-order valence-corrected chi connectivity index (χ2v) is 13.3. The van der Waals surface area contributed by atoms with Crippen LogP contribution < -0.4 is 24.4 Å². The summed E-state index contributed by atoms with van der Waals surface area (Å²) in [4.78, 5) is 35.6. The summed E-state index contributed by atoms with van der Waals surface area (Å²) in [5.74, 6) is 2.75. The number of carbonyl (C=O) groups excluding carboxylic acids is 3. The van der Waals surface area contributed by atoms with E-state index in [0.29, 0.717) is 60.4 Å². The van der Waals surface area contributed by atoms with E-state index >= 15 is 0 Å². The maximum atomic E-state index is 13.4. The second-order valence-electron chi connectivity index (χ2n) is 13.0. The van der Waals surface area contributed by atoms with Crippen LogP contribution in [-0.2, 0) is 19.1 Å². The molecule has 0 atom stereocenters. The molecule has 0 spiro atoms. The highest BCUT2D eigenvalue weighted by atomic mass is 31.0. The van der Waals surface area contributed by atoms with E-state index in [1.54, 1.807) is 48.4 Å². The largest absolute Gasteiger partial charge is 0.494 e. The molecule has 4 aromatic rings. The third-order valence-electron chi connectivity index (χ3n) is 8.61. The average Bonchev–Trinajstić information content (AvgIpc) is 3.26. The van der Waals surface area contributed by atoms with Crippen molar-refractivity contribution >= 4 is 50.2 Å². The van der Waals surface area contributed by atoms with Crippen LogP contribution in [0.4, 0.5) is 5.69 Å². The number of hydrogen-bond acceptors (Lipinski definition) is 11. The summed E-state index contributed by atoms with van der Waals surface area (Å²) in [5, 5.41) is 4.39. The molecule has 0 radical (unpaired) electrons. The number of rotatable bonds is 27. The molecule has 0 fully saturated rings. The lowest BCUT2D eigenvalue weighted by Gasteiger charge is -2.15. The molecule has 0 heterocycles. The Balaban J connectivity index is 1.36. The molecule has 1 N–H and O–H groups in total. The Labute approximate surface area is 348 Å². The Bertz CT molecular complexity index is 2030. The zero-order valence-electron chi connectivity index (χ0n) is 33.2. The molecule has 12 heteroatoms.